The van der Waals surface area contributed by atoms with E-state index in [-0.39, 0.29) is 5.82 Å². The maximum atomic E-state index is 13.5. The van der Waals surface area contributed by atoms with E-state index >= 15 is 0 Å². The highest BCUT2D eigenvalue weighted by Crippen LogP contribution is 2.05. The van der Waals surface area contributed by atoms with Crippen molar-refractivity contribution in [1.29, 1.82) is 0 Å². The molecule has 0 spiro atoms. The summed E-state index contributed by atoms with van der Waals surface area (Å²) in [5.41, 5.74) is 0.709. The quantitative estimate of drug-likeness (QED) is 0.439. The maximum Gasteiger partial charge on any atom is 0.191 e. The van der Waals surface area contributed by atoms with Gasteiger partial charge < -0.3 is 15.4 Å². The Labute approximate surface area is 126 Å². The minimum Gasteiger partial charge on any atom is -0.379 e. The lowest BCUT2D eigenvalue weighted by atomic mass is 10.1. The molecule has 2 N–H and O–H groups in total. The van der Waals surface area contributed by atoms with Crippen molar-refractivity contribution in [3.63, 3.8) is 0 Å². The van der Waals surface area contributed by atoms with Crippen molar-refractivity contribution in [3.8, 4) is 0 Å². The van der Waals surface area contributed by atoms with Crippen LogP contribution in [0, 0.1) is 11.7 Å². The molecule has 0 aliphatic heterocycles. The van der Waals surface area contributed by atoms with E-state index in [2.05, 4.69) is 29.5 Å². The van der Waals surface area contributed by atoms with Crippen LogP contribution in [0.1, 0.15) is 19.4 Å². The first kappa shape index (κ1) is 17.4. The molecule has 4 nitrogen and oxygen atoms in total. The van der Waals surface area contributed by atoms with Gasteiger partial charge in [0.1, 0.15) is 5.82 Å². The molecule has 0 fully saturated rings. The molecular weight excluding hydrogens is 269 g/mol. The van der Waals surface area contributed by atoms with Gasteiger partial charge in [-0.2, -0.15) is 0 Å². The summed E-state index contributed by atoms with van der Waals surface area (Å²) in [6, 6.07) is 6.82. The van der Waals surface area contributed by atoms with Gasteiger partial charge in [-0.25, -0.2) is 4.39 Å². The summed E-state index contributed by atoms with van der Waals surface area (Å²) in [4.78, 5) is 4.12. The van der Waals surface area contributed by atoms with E-state index in [0.717, 1.165) is 6.61 Å². The van der Waals surface area contributed by atoms with E-state index in [1.807, 2.05) is 6.07 Å². The molecule has 5 heteroatoms. The Hall–Kier alpha value is -1.62. The van der Waals surface area contributed by atoms with Gasteiger partial charge in [0.05, 0.1) is 6.61 Å². The van der Waals surface area contributed by atoms with Crippen LogP contribution < -0.4 is 10.6 Å². The first-order valence-electron chi connectivity index (χ1n) is 7.39. The lowest BCUT2D eigenvalue weighted by Gasteiger charge is -2.12. The summed E-state index contributed by atoms with van der Waals surface area (Å²) >= 11 is 0. The first-order valence-corrected chi connectivity index (χ1v) is 7.39. The maximum absolute atomic E-state index is 13.5. The number of benzene rings is 1. The molecule has 0 bridgehead atoms. The standard InChI is InChI=1S/C16H26FN3O/c1-13(2)12-21-11-10-20-16(18-3)19-9-8-14-6-4-5-7-15(14)17/h4-7,13H,8-12H2,1-3H3,(H2,18,19,20). The molecule has 0 atom stereocenters. The highest BCUT2D eigenvalue weighted by molar-refractivity contribution is 5.79. The number of hydrogen-bond donors (Lipinski definition) is 2. The van der Waals surface area contributed by atoms with E-state index in [4.69, 9.17) is 4.74 Å². The van der Waals surface area contributed by atoms with Crippen molar-refractivity contribution in [3.05, 3.63) is 35.6 Å². The molecule has 0 aromatic heterocycles. The van der Waals surface area contributed by atoms with Crippen LogP contribution in [0.15, 0.2) is 29.3 Å². The summed E-state index contributed by atoms with van der Waals surface area (Å²) in [5.74, 6) is 1.09. The van der Waals surface area contributed by atoms with Crippen molar-refractivity contribution < 1.29 is 9.13 Å². The average molecular weight is 295 g/mol. The molecule has 0 heterocycles. The fourth-order valence-electron chi connectivity index (χ4n) is 1.80. The number of nitrogens with zero attached hydrogens (tertiary/aromatic N) is 1. The summed E-state index contributed by atoms with van der Waals surface area (Å²) in [6.07, 6.45) is 0.622. The van der Waals surface area contributed by atoms with Crippen LogP contribution in [-0.2, 0) is 11.2 Å². The SMILES string of the molecule is CN=C(NCCOCC(C)C)NCCc1ccccc1F. The van der Waals surface area contributed by atoms with Crippen molar-refractivity contribution in [1.82, 2.24) is 10.6 Å². The van der Waals surface area contributed by atoms with Crippen molar-refractivity contribution in [2.24, 2.45) is 10.9 Å². The first-order chi connectivity index (χ1) is 10.1. The summed E-state index contributed by atoms with van der Waals surface area (Å²) < 4.78 is 18.9. The molecule has 0 aliphatic rings. The Balaban J connectivity index is 2.18. The highest BCUT2D eigenvalue weighted by atomic mass is 19.1. The minimum absolute atomic E-state index is 0.163. The number of rotatable bonds is 8. The number of ether oxygens (including phenoxy) is 1. The molecule has 1 rings (SSSR count). The molecule has 0 unspecified atom stereocenters. The van der Waals surface area contributed by atoms with E-state index in [1.54, 1.807) is 19.2 Å². The van der Waals surface area contributed by atoms with Gasteiger partial charge in [0.25, 0.3) is 0 Å². The van der Waals surface area contributed by atoms with Gasteiger partial charge in [-0.1, -0.05) is 32.0 Å². The topological polar surface area (TPSA) is 45.7 Å². The number of guanidine groups is 1. The largest absolute Gasteiger partial charge is 0.379 e. The predicted molar refractivity (Wildman–Crippen MR) is 85.1 cm³/mol. The third-order valence-electron chi connectivity index (χ3n) is 2.86. The van der Waals surface area contributed by atoms with Gasteiger partial charge >= 0.3 is 0 Å². The summed E-state index contributed by atoms with van der Waals surface area (Å²) in [7, 11) is 1.72. The zero-order valence-electron chi connectivity index (χ0n) is 13.2. The number of hydrogen-bond acceptors (Lipinski definition) is 2. The lowest BCUT2D eigenvalue weighted by Crippen LogP contribution is -2.40. The van der Waals surface area contributed by atoms with Crippen LogP contribution in [0.4, 0.5) is 4.39 Å². The van der Waals surface area contributed by atoms with Crippen LogP contribution in [0.25, 0.3) is 0 Å². The molecule has 0 saturated carbocycles. The normalized spacial score (nSPS) is 11.8. The third kappa shape index (κ3) is 7.66. The monoisotopic (exact) mass is 295 g/mol. The molecule has 1 aromatic rings. The smallest absolute Gasteiger partial charge is 0.191 e. The zero-order chi connectivity index (χ0) is 15.5. The van der Waals surface area contributed by atoms with Gasteiger partial charge in [-0.05, 0) is 24.0 Å². The molecule has 0 radical (unpaired) electrons. The minimum atomic E-state index is -0.163. The van der Waals surface area contributed by atoms with Crippen molar-refractivity contribution >= 4 is 5.96 Å². The second-order valence-corrected chi connectivity index (χ2v) is 5.24. The van der Waals surface area contributed by atoms with E-state index < -0.39 is 0 Å². The Morgan fingerprint density at radius 2 is 1.95 bits per heavy atom. The highest BCUT2D eigenvalue weighted by Gasteiger charge is 2.01. The van der Waals surface area contributed by atoms with Crippen molar-refractivity contribution in [2.75, 3.05) is 33.4 Å². The third-order valence-corrected chi connectivity index (χ3v) is 2.86. The molecule has 1 aromatic carbocycles. The van der Waals surface area contributed by atoms with Gasteiger partial charge in [0.15, 0.2) is 5.96 Å². The fourth-order valence-corrected chi connectivity index (χ4v) is 1.80. The van der Waals surface area contributed by atoms with Crippen LogP contribution in [0.2, 0.25) is 0 Å². The Morgan fingerprint density at radius 3 is 2.62 bits per heavy atom. The van der Waals surface area contributed by atoms with Gasteiger partial charge in [-0.3, -0.25) is 4.99 Å². The zero-order valence-corrected chi connectivity index (χ0v) is 13.2. The van der Waals surface area contributed by atoms with Gasteiger partial charge in [-0.15, -0.1) is 0 Å². The number of halogens is 1. The Bertz CT molecular complexity index is 435. The molecule has 0 saturated heterocycles. The summed E-state index contributed by atoms with van der Waals surface area (Å²) in [5, 5.41) is 6.33. The van der Waals surface area contributed by atoms with Gasteiger partial charge in [0, 0.05) is 26.7 Å². The molecule has 0 amide bonds. The molecule has 0 aliphatic carbocycles. The average Bonchev–Trinajstić information content (AvgIpc) is 2.46. The lowest BCUT2D eigenvalue weighted by molar-refractivity contribution is 0.114. The van der Waals surface area contributed by atoms with E-state index in [9.17, 15) is 4.39 Å². The molecular formula is C16H26FN3O. The van der Waals surface area contributed by atoms with E-state index in [0.29, 0.717) is 43.6 Å². The second-order valence-electron chi connectivity index (χ2n) is 5.24. The van der Waals surface area contributed by atoms with Crippen LogP contribution >= 0.6 is 0 Å². The van der Waals surface area contributed by atoms with Crippen LogP contribution in [-0.4, -0.2) is 39.3 Å². The number of aliphatic imine (C=N–C) groups is 1. The summed E-state index contributed by atoms with van der Waals surface area (Å²) in [6.45, 7) is 6.99. The van der Waals surface area contributed by atoms with Crippen LogP contribution in [0.5, 0.6) is 0 Å². The Kier molecular flexibility index (Phi) is 8.43. The van der Waals surface area contributed by atoms with E-state index in [1.165, 1.54) is 6.07 Å². The molecule has 21 heavy (non-hydrogen) atoms. The fraction of sp³-hybridized carbons (Fsp3) is 0.562. The predicted octanol–water partition coefficient (Wildman–Crippen LogP) is 2.21. The molecule has 118 valence electrons. The van der Waals surface area contributed by atoms with Crippen LogP contribution in [0.3, 0.4) is 0 Å². The van der Waals surface area contributed by atoms with Crippen molar-refractivity contribution in [2.45, 2.75) is 20.3 Å². The number of nitrogens with one attached hydrogen (secondary N) is 2. The second kappa shape index (κ2) is 10.2. The Morgan fingerprint density at radius 1 is 1.24 bits per heavy atom. The van der Waals surface area contributed by atoms with Gasteiger partial charge in [0.2, 0.25) is 0 Å².